The van der Waals surface area contributed by atoms with Crippen molar-refractivity contribution in [1.82, 2.24) is 0 Å². The van der Waals surface area contributed by atoms with E-state index in [0.29, 0.717) is 10.6 Å². The van der Waals surface area contributed by atoms with E-state index in [9.17, 15) is 13.2 Å². The number of esters is 1. The van der Waals surface area contributed by atoms with Crippen molar-refractivity contribution < 1.29 is 17.9 Å². The van der Waals surface area contributed by atoms with E-state index in [2.05, 4.69) is 4.72 Å². The van der Waals surface area contributed by atoms with Gasteiger partial charge in [0.1, 0.15) is 5.69 Å². The van der Waals surface area contributed by atoms with Gasteiger partial charge in [-0.15, -0.1) is 11.3 Å². The summed E-state index contributed by atoms with van der Waals surface area (Å²) in [5.74, 6) is -0.0397. The van der Waals surface area contributed by atoms with E-state index in [0.717, 1.165) is 0 Å². The minimum atomic E-state index is -3.84. The number of ether oxygens (including phenoxy) is 1. The fraction of sp³-hybridized carbons (Fsp3) is 0.312. The normalized spacial score (nSPS) is 11.5. The van der Waals surface area contributed by atoms with Crippen LogP contribution >= 0.6 is 22.9 Å². The van der Waals surface area contributed by atoms with Gasteiger partial charge in [-0.25, -0.2) is 8.42 Å². The van der Waals surface area contributed by atoms with E-state index in [1.807, 2.05) is 13.8 Å². The number of hydrogen-bond donors (Lipinski definition) is 1. The lowest BCUT2D eigenvalue weighted by Gasteiger charge is -2.12. The van der Waals surface area contributed by atoms with Crippen molar-refractivity contribution in [3.8, 4) is 5.75 Å². The van der Waals surface area contributed by atoms with Crippen molar-refractivity contribution in [1.29, 1.82) is 0 Å². The minimum absolute atomic E-state index is 0.0839. The van der Waals surface area contributed by atoms with Gasteiger partial charge in [-0.05, 0) is 30.5 Å². The molecule has 0 radical (unpaired) electrons. The highest BCUT2D eigenvalue weighted by atomic mass is 35.5. The molecule has 0 bridgehead atoms. The smallest absolute Gasteiger partial charge is 0.311 e. The molecule has 0 atom stereocenters. The number of halogens is 1. The molecule has 0 saturated heterocycles. The first kappa shape index (κ1) is 18.8. The summed E-state index contributed by atoms with van der Waals surface area (Å²) < 4.78 is 32.9. The molecule has 5 nitrogen and oxygen atoms in total. The van der Waals surface area contributed by atoms with Gasteiger partial charge in [-0.3, -0.25) is 9.52 Å². The lowest BCUT2D eigenvalue weighted by atomic mass is 10.1. The molecule has 2 rings (SSSR count). The van der Waals surface area contributed by atoms with Gasteiger partial charge < -0.3 is 4.74 Å². The molecule has 0 saturated carbocycles. The van der Waals surface area contributed by atoms with Gasteiger partial charge in [0.15, 0.2) is 5.75 Å². The zero-order valence-electron chi connectivity index (χ0n) is 13.5. The summed E-state index contributed by atoms with van der Waals surface area (Å²) in [6.45, 7) is 5.44. The number of hydrogen-bond acceptors (Lipinski definition) is 5. The first-order valence-electron chi connectivity index (χ1n) is 7.25. The van der Waals surface area contributed by atoms with Crippen molar-refractivity contribution in [2.45, 2.75) is 32.1 Å². The summed E-state index contributed by atoms with van der Waals surface area (Å²) in [6, 6.07) is 4.67. The van der Waals surface area contributed by atoms with E-state index in [1.54, 1.807) is 29.8 Å². The molecule has 0 spiro atoms. The van der Waals surface area contributed by atoms with E-state index < -0.39 is 16.0 Å². The van der Waals surface area contributed by atoms with Crippen LogP contribution in [-0.4, -0.2) is 14.4 Å². The lowest BCUT2D eigenvalue weighted by Crippen LogP contribution is -2.16. The number of thiophene rings is 1. The van der Waals surface area contributed by atoms with E-state index in [-0.39, 0.29) is 28.7 Å². The summed E-state index contributed by atoms with van der Waals surface area (Å²) in [4.78, 5) is 11.9. The second-order valence-electron chi connectivity index (χ2n) is 5.69. The number of benzene rings is 1. The molecule has 24 heavy (non-hydrogen) atoms. The van der Waals surface area contributed by atoms with Crippen molar-refractivity contribution in [3.05, 3.63) is 39.5 Å². The fourth-order valence-electron chi connectivity index (χ4n) is 2.01. The van der Waals surface area contributed by atoms with Crippen molar-refractivity contribution >= 4 is 44.6 Å². The van der Waals surface area contributed by atoms with Crippen LogP contribution in [0.2, 0.25) is 5.02 Å². The predicted molar refractivity (Wildman–Crippen MR) is 96.4 cm³/mol. The van der Waals surface area contributed by atoms with Gasteiger partial charge >= 0.3 is 5.97 Å². The van der Waals surface area contributed by atoms with Crippen LogP contribution in [0, 0.1) is 12.8 Å². The second kappa shape index (κ2) is 7.55. The number of sulfonamides is 1. The summed E-state index contributed by atoms with van der Waals surface area (Å²) >= 11 is 7.23. The molecule has 0 unspecified atom stereocenters. The maximum absolute atomic E-state index is 12.6. The molecular formula is C16H18ClNO4S2. The minimum Gasteiger partial charge on any atom is -0.423 e. The van der Waals surface area contributed by atoms with Crippen LogP contribution in [0.1, 0.15) is 25.8 Å². The molecule has 1 N–H and O–H groups in total. The molecule has 1 aromatic heterocycles. The van der Waals surface area contributed by atoms with Gasteiger partial charge in [0.05, 0.1) is 4.90 Å². The van der Waals surface area contributed by atoms with Crippen LogP contribution in [0.5, 0.6) is 5.75 Å². The van der Waals surface area contributed by atoms with E-state index in [1.165, 1.54) is 17.4 Å². The van der Waals surface area contributed by atoms with Crippen LogP contribution in [0.4, 0.5) is 5.69 Å². The average molecular weight is 388 g/mol. The third kappa shape index (κ3) is 4.49. The number of carbonyl (C=O) groups is 1. The van der Waals surface area contributed by atoms with Gasteiger partial charge in [0.2, 0.25) is 0 Å². The highest BCUT2D eigenvalue weighted by Crippen LogP contribution is 2.33. The molecular weight excluding hydrogens is 370 g/mol. The van der Waals surface area contributed by atoms with Crippen molar-refractivity contribution in [2.75, 3.05) is 4.72 Å². The number of anilines is 1. The second-order valence-corrected chi connectivity index (χ2v) is 8.49. The first-order chi connectivity index (χ1) is 11.2. The van der Waals surface area contributed by atoms with Gasteiger partial charge in [0.25, 0.3) is 10.0 Å². The van der Waals surface area contributed by atoms with Crippen molar-refractivity contribution in [2.24, 2.45) is 5.92 Å². The van der Waals surface area contributed by atoms with E-state index in [4.69, 9.17) is 16.3 Å². The molecule has 2 aromatic rings. The molecule has 0 aliphatic rings. The molecule has 1 aromatic carbocycles. The largest absolute Gasteiger partial charge is 0.423 e. The lowest BCUT2D eigenvalue weighted by molar-refractivity contribution is -0.135. The number of nitrogens with one attached hydrogen (secondary N) is 1. The molecule has 0 amide bonds. The molecule has 0 aliphatic heterocycles. The zero-order chi connectivity index (χ0) is 17.9. The highest BCUT2D eigenvalue weighted by Gasteiger charge is 2.21. The SMILES string of the molecule is Cc1c(Cl)cccc1S(=O)(=O)Nc1cscc1OC(=O)CC(C)C. The van der Waals surface area contributed by atoms with Crippen LogP contribution in [0.3, 0.4) is 0 Å². The van der Waals surface area contributed by atoms with Crippen LogP contribution in [-0.2, 0) is 14.8 Å². The third-order valence-electron chi connectivity index (χ3n) is 3.18. The van der Waals surface area contributed by atoms with Gasteiger partial charge in [-0.2, -0.15) is 0 Å². The molecule has 0 aliphatic carbocycles. The van der Waals surface area contributed by atoms with Gasteiger partial charge in [0, 0.05) is 22.2 Å². The third-order valence-corrected chi connectivity index (χ3v) is 5.82. The summed E-state index contributed by atoms with van der Waals surface area (Å²) in [6.07, 6.45) is 0.259. The van der Waals surface area contributed by atoms with Gasteiger partial charge in [-0.1, -0.05) is 31.5 Å². The Labute approximate surface area is 150 Å². The standard InChI is InChI=1S/C16H18ClNO4S2/c1-10(2)7-16(19)22-14-9-23-8-13(14)18-24(20,21)15-6-4-5-12(17)11(15)3/h4-6,8-10,18H,7H2,1-3H3. The molecule has 0 fully saturated rings. The topological polar surface area (TPSA) is 72.5 Å². The molecule has 8 heteroatoms. The Hall–Kier alpha value is -1.57. The van der Waals surface area contributed by atoms with Crippen LogP contribution in [0.25, 0.3) is 0 Å². The first-order valence-corrected chi connectivity index (χ1v) is 10.1. The quantitative estimate of drug-likeness (QED) is 0.742. The Balaban J connectivity index is 2.24. The Morgan fingerprint density at radius 1 is 1.33 bits per heavy atom. The molecule has 1 heterocycles. The average Bonchev–Trinajstić information content (AvgIpc) is 2.87. The Kier molecular flexibility index (Phi) is 5.90. The van der Waals surface area contributed by atoms with Crippen molar-refractivity contribution in [3.63, 3.8) is 0 Å². The number of carbonyl (C=O) groups excluding carboxylic acids is 1. The summed E-state index contributed by atoms with van der Waals surface area (Å²) in [5, 5.41) is 3.53. The number of rotatable bonds is 6. The maximum Gasteiger partial charge on any atom is 0.311 e. The molecule has 130 valence electrons. The van der Waals surface area contributed by atoms with Crippen LogP contribution < -0.4 is 9.46 Å². The fourth-order valence-corrected chi connectivity index (χ4v) is 4.33. The predicted octanol–water partition coefficient (Wildman–Crippen LogP) is 4.46. The Bertz CT molecular complexity index is 844. The summed E-state index contributed by atoms with van der Waals surface area (Å²) in [5.41, 5.74) is 0.691. The Morgan fingerprint density at radius 3 is 2.71 bits per heavy atom. The summed E-state index contributed by atoms with van der Waals surface area (Å²) in [7, 11) is -3.84. The van der Waals surface area contributed by atoms with Crippen LogP contribution in [0.15, 0.2) is 33.9 Å². The zero-order valence-corrected chi connectivity index (χ0v) is 15.9. The van der Waals surface area contributed by atoms with E-state index >= 15 is 0 Å². The highest BCUT2D eigenvalue weighted by molar-refractivity contribution is 7.92. The monoisotopic (exact) mass is 387 g/mol. The maximum atomic E-state index is 12.6. The Morgan fingerprint density at radius 2 is 2.04 bits per heavy atom.